The minimum Gasteiger partial charge on any atom is -0.444 e. The monoisotopic (exact) mass is 367 g/mol. The average molecular weight is 368 g/mol. The van der Waals surface area contributed by atoms with Crippen LogP contribution < -0.4 is 5.32 Å². The molecule has 26 heavy (non-hydrogen) atoms. The van der Waals surface area contributed by atoms with Crippen LogP contribution in [0.25, 0.3) is 0 Å². The lowest BCUT2D eigenvalue weighted by molar-refractivity contribution is 0.0508. The summed E-state index contributed by atoms with van der Waals surface area (Å²) in [6.45, 7) is 7.47. The molecule has 2 aromatic rings. The van der Waals surface area contributed by atoms with Crippen LogP contribution in [0.1, 0.15) is 50.4 Å². The highest BCUT2D eigenvalue weighted by Gasteiger charge is 2.18. The molecule has 2 rings (SSSR count). The van der Waals surface area contributed by atoms with E-state index in [1.807, 2.05) is 64.1 Å². The molecule has 0 aliphatic heterocycles. The van der Waals surface area contributed by atoms with Gasteiger partial charge in [0.2, 0.25) is 0 Å². The van der Waals surface area contributed by atoms with E-state index in [0.29, 0.717) is 0 Å². The second-order valence-corrected chi connectivity index (χ2v) is 7.85. The summed E-state index contributed by atoms with van der Waals surface area (Å²) in [6.07, 6.45) is 1.64. The van der Waals surface area contributed by atoms with Crippen molar-refractivity contribution in [3.8, 4) is 11.8 Å². The zero-order valence-electron chi connectivity index (χ0n) is 15.9. The van der Waals surface area contributed by atoms with Gasteiger partial charge in [0.1, 0.15) is 5.60 Å². The maximum absolute atomic E-state index is 11.9. The van der Waals surface area contributed by atoms with Gasteiger partial charge in [-0.05, 0) is 75.9 Å². The minimum absolute atomic E-state index is 0.133. The van der Waals surface area contributed by atoms with Crippen molar-refractivity contribution >= 4 is 17.9 Å². The summed E-state index contributed by atoms with van der Waals surface area (Å²) in [5.41, 5.74) is 2.43. The third-order valence-corrected chi connectivity index (χ3v) is 4.33. The third-order valence-electron chi connectivity index (χ3n) is 3.59. The molecule has 0 saturated carbocycles. The molecular weight excluding hydrogens is 342 g/mol. The first-order valence-corrected chi connectivity index (χ1v) is 9.75. The Balaban J connectivity index is 1.99. The highest BCUT2D eigenvalue weighted by atomic mass is 32.2. The molecule has 4 heteroatoms. The summed E-state index contributed by atoms with van der Waals surface area (Å²) in [6, 6.07) is 15.9. The molecule has 3 nitrogen and oxygen atoms in total. The van der Waals surface area contributed by atoms with Gasteiger partial charge in [-0.15, -0.1) is 11.8 Å². The molecule has 136 valence electrons. The molecular formula is C22H25NO2S. The molecule has 0 aliphatic rings. The van der Waals surface area contributed by atoms with Gasteiger partial charge in [-0.2, -0.15) is 0 Å². The third kappa shape index (κ3) is 6.50. The van der Waals surface area contributed by atoms with Gasteiger partial charge in [0.05, 0.1) is 6.04 Å². The van der Waals surface area contributed by atoms with Crippen LogP contribution in [0.2, 0.25) is 0 Å². The number of alkyl carbamates (subject to hydrolysis) is 1. The van der Waals surface area contributed by atoms with Crippen LogP contribution in [0, 0.1) is 11.8 Å². The summed E-state index contributed by atoms with van der Waals surface area (Å²) in [5.74, 6) is 6.34. The molecule has 1 N–H and O–H groups in total. The van der Waals surface area contributed by atoms with Gasteiger partial charge < -0.3 is 10.1 Å². The van der Waals surface area contributed by atoms with Crippen molar-refractivity contribution in [2.45, 2.75) is 44.2 Å². The van der Waals surface area contributed by atoms with E-state index < -0.39 is 11.7 Å². The normalized spacial score (nSPS) is 11.9. The van der Waals surface area contributed by atoms with Crippen LogP contribution in [-0.2, 0) is 4.74 Å². The van der Waals surface area contributed by atoms with Crippen molar-refractivity contribution in [3.63, 3.8) is 0 Å². The van der Waals surface area contributed by atoms with Crippen LogP contribution in [0.4, 0.5) is 4.79 Å². The standard InChI is InChI=1S/C22H25NO2S/c1-16(23-21(24)25-22(2,3)4)19-12-8-17(9-13-19)6-7-18-10-14-20(26-5)15-11-18/h8-16H,1-5H3,(H,23,24). The van der Waals surface area contributed by atoms with Crippen molar-refractivity contribution in [3.05, 3.63) is 65.2 Å². The largest absolute Gasteiger partial charge is 0.444 e. The first-order chi connectivity index (χ1) is 12.3. The second kappa shape index (κ2) is 8.82. The number of nitrogens with one attached hydrogen (secondary N) is 1. The van der Waals surface area contributed by atoms with E-state index in [1.54, 1.807) is 11.8 Å². The van der Waals surface area contributed by atoms with E-state index in [2.05, 4.69) is 35.5 Å². The molecule has 0 heterocycles. The Morgan fingerprint density at radius 3 is 1.96 bits per heavy atom. The lowest BCUT2D eigenvalue weighted by Crippen LogP contribution is -2.34. The molecule has 0 spiro atoms. The fraction of sp³-hybridized carbons (Fsp3) is 0.318. The van der Waals surface area contributed by atoms with Gasteiger partial charge in [-0.1, -0.05) is 24.0 Å². The van der Waals surface area contributed by atoms with Gasteiger partial charge in [0.15, 0.2) is 0 Å². The lowest BCUT2D eigenvalue weighted by Gasteiger charge is -2.22. The Kier molecular flexibility index (Phi) is 6.76. The molecule has 0 fully saturated rings. The summed E-state index contributed by atoms with van der Waals surface area (Å²) < 4.78 is 5.28. The lowest BCUT2D eigenvalue weighted by atomic mass is 10.1. The predicted molar refractivity (Wildman–Crippen MR) is 108 cm³/mol. The van der Waals surface area contributed by atoms with Gasteiger partial charge in [0.25, 0.3) is 0 Å². The van der Waals surface area contributed by atoms with Crippen LogP contribution in [0.3, 0.4) is 0 Å². The van der Waals surface area contributed by atoms with Gasteiger partial charge in [-0.25, -0.2) is 4.79 Å². The van der Waals surface area contributed by atoms with Crippen molar-refractivity contribution in [2.75, 3.05) is 6.26 Å². The number of ether oxygens (including phenoxy) is 1. The molecule has 0 saturated heterocycles. The van der Waals surface area contributed by atoms with Crippen molar-refractivity contribution in [1.82, 2.24) is 5.32 Å². The zero-order valence-corrected chi connectivity index (χ0v) is 16.7. The topological polar surface area (TPSA) is 38.3 Å². The van der Waals surface area contributed by atoms with E-state index in [9.17, 15) is 4.79 Å². The molecule has 0 aliphatic carbocycles. The first kappa shape index (κ1) is 19.9. The number of hydrogen-bond acceptors (Lipinski definition) is 3. The molecule has 0 radical (unpaired) electrons. The number of hydrogen-bond donors (Lipinski definition) is 1. The van der Waals surface area contributed by atoms with Crippen LogP contribution in [-0.4, -0.2) is 18.0 Å². The summed E-state index contributed by atoms with van der Waals surface area (Å²) in [4.78, 5) is 13.1. The molecule has 1 unspecified atom stereocenters. The van der Waals surface area contributed by atoms with E-state index in [0.717, 1.165) is 16.7 Å². The maximum Gasteiger partial charge on any atom is 0.408 e. The van der Waals surface area contributed by atoms with Gasteiger partial charge in [0, 0.05) is 16.0 Å². The highest BCUT2D eigenvalue weighted by molar-refractivity contribution is 7.98. The van der Waals surface area contributed by atoms with E-state index in [4.69, 9.17) is 4.74 Å². The smallest absolute Gasteiger partial charge is 0.408 e. The minimum atomic E-state index is -0.503. The van der Waals surface area contributed by atoms with E-state index in [1.165, 1.54) is 4.90 Å². The Morgan fingerprint density at radius 1 is 1.00 bits per heavy atom. The van der Waals surface area contributed by atoms with Gasteiger partial charge >= 0.3 is 6.09 Å². The molecule has 1 atom stereocenters. The Bertz CT molecular complexity index is 793. The maximum atomic E-state index is 11.9. The quantitative estimate of drug-likeness (QED) is 0.583. The molecule has 0 bridgehead atoms. The number of carbonyl (C=O) groups excluding carboxylic acids is 1. The zero-order chi connectivity index (χ0) is 19.2. The first-order valence-electron chi connectivity index (χ1n) is 8.52. The van der Waals surface area contributed by atoms with Gasteiger partial charge in [-0.3, -0.25) is 0 Å². The van der Waals surface area contributed by atoms with E-state index in [-0.39, 0.29) is 6.04 Å². The number of amides is 1. The van der Waals surface area contributed by atoms with Crippen LogP contribution in [0.15, 0.2) is 53.4 Å². The van der Waals surface area contributed by atoms with Crippen molar-refractivity contribution in [2.24, 2.45) is 0 Å². The van der Waals surface area contributed by atoms with Crippen LogP contribution in [0.5, 0.6) is 0 Å². The Hall–Kier alpha value is -2.38. The average Bonchev–Trinajstić information content (AvgIpc) is 2.59. The SMILES string of the molecule is CSc1ccc(C#Cc2ccc(C(C)NC(=O)OC(C)(C)C)cc2)cc1. The Labute approximate surface area is 160 Å². The number of benzene rings is 2. The number of carbonyl (C=O) groups is 1. The van der Waals surface area contributed by atoms with Crippen molar-refractivity contribution in [1.29, 1.82) is 0 Å². The Morgan fingerprint density at radius 2 is 1.50 bits per heavy atom. The molecule has 0 aromatic heterocycles. The predicted octanol–water partition coefficient (Wildman–Crippen LogP) is 5.39. The summed E-state index contributed by atoms with van der Waals surface area (Å²) in [5, 5.41) is 2.84. The summed E-state index contributed by atoms with van der Waals surface area (Å²) in [7, 11) is 0. The number of rotatable bonds is 3. The van der Waals surface area contributed by atoms with E-state index >= 15 is 0 Å². The fourth-order valence-electron chi connectivity index (χ4n) is 2.24. The summed E-state index contributed by atoms with van der Waals surface area (Å²) >= 11 is 1.72. The number of thioether (sulfide) groups is 1. The highest BCUT2D eigenvalue weighted by Crippen LogP contribution is 2.16. The molecule has 1 amide bonds. The molecule has 2 aromatic carbocycles. The fourth-order valence-corrected chi connectivity index (χ4v) is 2.65. The second-order valence-electron chi connectivity index (χ2n) is 6.97. The van der Waals surface area contributed by atoms with Crippen molar-refractivity contribution < 1.29 is 9.53 Å². The van der Waals surface area contributed by atoms with Crippen LogP contribution >= 0.6 is 11.8 Å².